The second-order valence-electron chi connectivity index (χ2n) is 4.81. The van der Waals surface area contributed by atoms with Crippen molar-refractivity contribution in [1.29, 1.82) is 0 Å². The molecule has 0 spiro atoms. The molecule has 2 nitrogen and oxygen atoms in total. The van der Waals surface area contributed by atoms with Crippen molar-refractivity contribution in [3.63, 3.8) is 0 Å². The quantitative estimate of drug-likeness (QED) is 0.741. The van der Waals surface area contributed by atoms with Crippen LogP contribution in [0.2, 0.25) is 5.02 Å². The van der Waals surface area contributed by atoms with Crippen molar-refractivity contribution in [2.45, 2.75) is 13.5 Å². The minimum atomic E-state index is -0.0421. The van der Waals surface area contributed by atoms with Gasteiger partial charge in [0.05, 0.1) is 0 Å². The normalized spacial score (nSPS) is 10.4. The molecule has 0 radical (unpaired) electrons. The number of alkyl halides is 1. The van der Waals surface area contributed by atoms with Crippen LogP contribution in [0.15, 0.2) is 48.5 Å². The van der Waals surface area contributed by atoms with Gasteiger partial charge >= 0.3 is 0 Å². The standard InChI is InChI=1S/C17H17Cl2NO/c1-13-15(8-5-9-16(13)19)17(21)20(11-10-18)12-14-6-3-2-4-7-14/h2-9H,10-12H2,1H3. The molecule has 0 saturated carbocycles. The van der Waals surface area contributed by atoms with Crippen molar-refractivity contribution in [3.05, 3.63) is 70.2 Å². The molecular weight excluding hydrogens is 305 g/mol. The number of halogens is 2. The molecule has 0 aliphatic rings. The van der Waals surface area contributed by atoms with Crippen molar-refractivity contribution >= 4 is 29.1 Å². The summed E-state index contributed by atoms with van der Waals surface area (Å²) < 4.78 is 0. The average molecular weight is 322 g/mol. The number of nitrogens with zero attached hydrogens (tertiary/aromatic N) is 1. The van der Waals surface area contributed by atoms with E-state index in [1.807, 2.05) is 37.3 Å². The Hall–Kier alpha value is -1.51. The molecule has 0 fully saturated rings. The van der Waals surface area contributed by atoms with Gasteiger partial charge in [-0.2, -0.15) is 0 Å². The van der Waals surface area contributed by atoms with Gasteiger partial charge in [0.1, 0.15) is 0 Å². The number of benzene rings is 2. The summed E-state index contributed by atoms with van der Waals surface area (Å²) in [4.78, 5) is 14.5. The van der Waals surface area contributed by atoms with E-state index in [4.69, 9.17) is 23.2 Å². The Balaban J connectivity index is 2.25. The third kappa shape index (κ3) is 3.99. The molecule has 1 amide bonds. The van der Waals surface area contributed by atoms with Crippen LogP contribution in [-0.2, 0) is 6.54 Å². The minimum absolute atomic E-state index is 0.0421. The van der Waals surface area contributed by atoms with E-state index in [1.54, 1.807) is 23.1 Å². The largest absolute Gasteiger partial charge is 0.333 e. The molecule has 0 heterocycles. The first-order chi connectivity index (χ1) is 10.1. The minimum Gasteiger partial charge on any atom is -0.333 e. The Morgan fingerprint density at radius 3 is 2.48 bits per heavy atom. The Morgan fingerprint density at radius 2 is 1.81 bits per heavy atom. The van der Waals surface area contributed by atoms with Gasteiger partial charge in [0.2, 0.25) is 0 Å². The van der Waals surface area contributed by atoms with E-state index < -0.39 is 0 Å². The monoisotopic (exact) mass is 321 g/mol. The maximum absolute atomic E-state index is 12.7. The predicted molar refractivity (Wildman–Crippen MR) is 88.1 cm³/mol. The molecule has 0 unspecified atom stereocenters. The molecule has 0 N–H and O–H groups in total. The molecule has 110 valence electrons. The Morgan fingerprint density at radius 1 is 1.10 bits per heavy atom. The highest BCUT2D eigenvalue weighted by Gasteiger charge is 2.18. The van der Waals surface area contributed by atoms with Crippen LogP contribution in [0, 0.1) is 6.92 Å². The third-order valence-corrected chi connectivity index (χ3v) is 3.93. The fourth-order valence-electron chi connectivity index (χ4n) is 2.17. The second-order valence-corrected chi connectivity index (χ2v) is 5.60. The number of amides is 1. The van der Waals surface area contributed by atoms with Crippen LogP contribution in [-0.4, -0.2) is 23.2 Å². The summed E-state index contributed by atoms with van der Waals surface area (Å²) in [6.45, 7) is 2.90. The van der Waals surface area contributed by atoms with Crippen molar-refractivity contribution in [2.24, 2.45) is 0 Å². The van der Waals surface area contributed by atoms with Gasteiger partial charge in [-0.3, -0.25) is 4.79 Å². The van der Waals surface area contributed by atoms with Gasteiger partial charge in [-0.05, 0) is 30.2 Å². The third-order valence-electron chi connectivity index (χ3n) is 3.36. The van der Waals surface area contributed by atoms with E-state index in [1.165, 1.54) is 0 Å². The Labute approximate surface area is 135 Å². The molecule has 2 aromatic rings. The first-order valence-electron chi connectivity index (χ1n) is 6.77. The fourth-order valence-corrected chi connectivity index (χ4v) is 2.55. The van der Waals surface area contributed by atoms with E-state index in [0.29, 0.717) is 29.6 Å². The van der Waals surface area contributed by atoms with Gasteiger partial charge in [0.25, 0.3) is 5.91 Å². The first kappa shape index (κ1) is 15.9. The lowest BCUT2D eigenvalue weighted by Gasteiger charge is -2.23. The summed E-state index contributed by atoms with van der Waals surface area (Å²) in [6, 6.07) is 15.3. The predicted octanol–water partition coefficient (Wildman–Crippen LogP) is 4.53. The lowest BCUT2D eigenvalue weighted by molar-refractivity contribution is 0.0753. The molecule has 0 saturated heterocycles. The zero-order chi connectivity index (χ0) is 15.2. The van der Waals surface area contributed by atoms with Crippen LogP contribution in [0.3, 0.4) is 0 Å². The molecule has 0 aliphatic heterocycles. The summed E-state index contributed by atoms with van der Waals surface area (Å²) in [5.74, 6) is 0.359. The van der Waals surface area contributed by atoms with E-state index >= 15 is 0 Å². The fraction of sp³-hybridized carbons (Fsp3) is 0.235. The summed E-state index contributed by atoms with van der Waals surface area (Å²) in [5.41, 5.74) is 2.51. The molecule has 2 rings (SSSR count). The summed E-state index contributed by atoms with van der Waals surface area (Å²) >= 11 is 11.9. The van der Waals surface area contributed by atoms with Gasteiger partial charge in [-0.25, -0.2) is 0 Å². The van der Waals surface area contributed by atoms with Crippen LogP contribution in [0.1, 0.15) is 21.5 Å². The second kappa shape index (κ2) is 7.48. The van der Waals surface area contributed by atoms with Crippen LogP contribution >= 0.6 is 23.2 Å². The maximum Gasteiger partial charge on any atom is 0.254 e. The van der Waals surface area contributed by atoms with Gasteiger partial charge in [-0.15, -0.1) is 11.6 Å². The van der Waals surface area contributed by atoms with Crippen LogP contribution < -0.4 is 0 Å². The van der Waals surface area contributed by atoms with E-state index in [0.717, 1.165) is 11.1 Å². The van der Waals surface area contributed by atoms with E-state index in [2.05, 4.69) is 0 Å². The number of hydrogen-bond acceptors (Lipinski definition) is 1. The van der Waals surface area contributed by atoms with Gasteiger partial charge in [0.15, 0.2) is 0 Å². The first-order valence-corrected chi connectivity index (χ1v) is 7.69. The molecule has 4 heteroatoms. The molecule has 0 atom stereocenters. The molecular formula is C17H17Cl2NO. The van der Waals surface area contributed by atoms with Crippen molar-refractivity contribution in [2.75, 3.05) is 12.4 Å². The zero-order valence-electron chi connectivity index (χ0n) is 11.9. The highest BCUT2D eigenvalue weighted by molar-refractivity contribution is 6.31. The molecule has 21 heavy (non-hydrogen) atoms. The number of hydrogen-bond donors (Lipinski definition) is 0. The summed E-state index contributed by atoms with van der Waals surface area (Å²) in [5, 5.41) is 0.603. The lowest BCUT2D eigenvalue weighted by Crippen LogP contribution is -2.32. The number of rotatable bonds is 5. The van der Waals surface area contributed by atoms with Gasteiger partial charge in [-0.1, -0.05) is 48.0 Å². The average Bonchev–Trinajstić information content (AvgIpc) is 2.50. The van der Waals surface area contributed by atoms with Crippen LogP contribution in [0.4, 0.5) is 0 Å². The van der Waals surface area contributed by atoms with Crippen molar-refractivity contribution < 1.29 is 4.79 Å². The smallest absolute Gasteiger partial charge is 0.254 e. The maximum atomic E-state index is 12.7. The topological polar surface area (TPSA) is 20.3 Å². The number of carbonyl (C=O) groups is 1. The SMILES string of the molecule is Cc1c(Cl)cccc1C(=O)N(CCCl)Cc1ccccc1. The van der Waals surface area contributed by atoms with Crippen molar-refractivity contribution in [1.82, 2.24) is 4.90 Å². The van der Waals surface area contributed by atoms with Crippen molar-refractivity contribution in [3.8, 4) is 0 Å². The molecule has 0 aliphatic carbocycles. The Bertz CT molecular complexity index is 613. The van der Waals surface area contributed by atoms with Gasteiger partial charge in [0, 0.05) is 29.6 Å². The Kier molecular flexibility index (Phi) is 5.66. The lowest BCUT2D eigenvalue weighted by atomic mass is 10.1. The van der Waals surface area contributed by atoms with Crippen LogP contribution in [0.5, 0.6) is 0 Å². The highest BCUT2D eigenvalue weighted by Crippen LogP contribution is 2.21. The summed E-state index contributed by atoms with van der Waals surface area (Å²) in [7, 11) is 0. The molecule has 2 aromatic carbocycles. The van der Waals surface area contributed by atoms with Gasteiger partial charge < -0.3 is 4.90 Å². The van der Waals surface area contributed by atoms with E-state index in [9.17, 15) is 4.79 Å². The van der Waals surface area contributed by atoms with Crippen LogP contribution in [0.25, 0.3) is 0 Å². The molecule has 0 aromatic heterocycles. The number of carbonyl (C=O) groups excluding carboxylic acids is 1. The zero-order valence-corrected chi connectivity index (χ0v) is 13.4. The highest BCUT2D eigenvalue weighted by atomic mass is 35.5. The molecule has 0 bridgehead atoms. The summed E-state index contributed by atoms with van der Waals surface area (Å²) in [6.07, 6.45) is 0. The van der Waals surface area contributed by atoms with E-state index in [-0.39, 0.29) is 5.91 Å².